The molecule has 0 aromatic heterocycles. The fraction of sp³-hybridized carbons (Fsp3) is 0.294. The monoisotopic (exact) mass is 304 g/mol. The van der Waals surface area contributed by atoms with Gasteiger partial charge in [-0.1, -0.05) is 24.3 Å². The van der Waals surface area contributed by atoms with E-state index in [1.54, 1.807) is 31.2 Å². The molecule has 0 amide bonds. The van der Waals surface area contributed by atoms with Crippen LogP contribution in [-0.4, -0.2) is 25.5 Å². The second-order valence-corrected chi connectivity index (χ2v) is 5.75. The van der Waals surface area contributed by atoms with E-state index in [1.165, 1.54) is 26.0 Å². The molecule has 0 bridgehead atoms. The lowest BCUT2D eigenvalue weighted by atomic mass is 9.89. The SMILES string of the molecule is Cc1c(O)cccc1-c1ccc(C(C)(O)O)cc1C(C)(O)O. The maximum Gasteiger partial charge on any atom is 0.187 e. The van der Waals surface area contributed by atoms with Gasteiger partial charge in [0.05, 0.1) is 0 Å². The Morgan fingerprint density at radius 3 is 2.00 bits per heavy atom. The molecule has 0 saturated carbocycles. The number of rotatable bonds is 3. The third kappa shape index (κ3) is 3.13. The highest BCUT2D eigenvalue weighted by molar-refractivity contribution is 5.73. The van der Waals surface area contributed by atoms with E-state index in [9.17, 15) is 25.5 Å². The normalized spacial score (nSPS) is 12.5. The van der Waals surface area contributed by atoms with Gasteiger partial charge >= 0.3 is 0 Å². The summed E-state index contributed by atoms with van der Waals surface area (Å²) in [7, 11) is 0. The Kier molecular flexibility index (Phi) is 4.02. The minimum absolute atomic E-state index is 0.0965. The third-order valence-electron chi connectivity index (χ3n) is 3.67. The van der Waals surface area contributed by atoms with Gasteiger partial charge in [-0.3, -0.25) is 0 Å². The topological polar surface area (TPSA) is 101 Å². The highest BCUT2D eigenvalue weighted by atomic mass is 16.5. The Balaban J connectivity index is 2.74. The minimum Gasteiger partial charge on any atom is -0.508 e. The van der Waals surface area contributed by atoms with Crippen molar-refractivity contribution >= 4 is 0 Å². The standard InChI is InChI=1S/C17H20O5/c1-10-12(5-4-6-15(10)18)13-8-7-11(16(2,19)20)9-14(13)17(3,21)22/h4-9,18-22H,1-3H3. The Morgan fingerprint density at radius 1 is 0.818 bits per heavy atom. The first-order valence-corrected chi connectivity index (χ1v) is 6.85. The lowest BCUT2D eigenvalue weighted by Gasteiger charge is -2.25. The molecule has 2 aromatic rings. The Bertz CT molecular complexity index is 693. The molecule has 22 heavy (non-hydrogen) atoms. The molecular formula is C17H20O5. The molecule has 5 nitrogen and oxygen atoms in total. The largest absolute Gasteiger partial charge is 0.508 e. The van der Waals surface area contributed by atoms with E-state index in [1.807, 2.05) is 0 Å². The zero-order valence-electron chi connectivity index (χ0n) is 12.7. The molecule has 0 aliphatic heterocycles. The van der Waals surface area contributed by atoms with Gasteiger partial charge in [0, 0.05) is 11.1 Å². The van der Waals surface area contributed by atoms with Crippen LogP contribution in [0.2, 0.25) is 0 Å². The first-order valence-electron chi connectivity index (χ1n) is 6.85. The van der Waals surface area contributed by atoms with E-state index in [4.69, 9.17) is 0 Å². The van der Waals surface area contributed by atoms with E-state index >= 15 is 0 Å². The average Bonchev–Trinajstić information content (AvgIpc) is 2.39. The lowest BCUT2D eigenvalue weighted by molar-refractivity contribution is -0.157. The quantitative estimate of drug-likeness (QED) is 0.555. The van der Waals surface area contributed by atoms with Crippen LogP contribution >= 0.6 is 0 Å². The van der Waals surface area contributed by atoms with Crippen LogP contribution in [0.5, 0.6) is 5.75 Å². The summed E-state index contributed by atoms with van der Waals surface area (Å²) >= 11 is 0. The number of phenolic OH excluding ortho intramolecular Hbond substituents is 1. The third-order valence-corrected chi connectivity index (χ3v) is 3.67. The molecular weight excluding hydrogens is 284 g/mol. The van der Waals surface area contributed by atoms with Gasteiger partial charge < -0.3 is 25.5 Å². The molecule has 0 aliphatic rings. The number of phenols is 1. The van der Waals surface area contributed by atoms with Crippen molar-refractivity contribution in [3.05, 3.63) is 53.1 Å². The highest BCUT2D eigenvalue weighted by Gasteiger charge is 2.28. The molecule has 0 radical (unpaired) electrons. The minimum atomic E-state index is -2.17. The summed E-state index contributed by atoms with van der Waals surface area (Å²) in [6.45, 7) is 4.11. The van der Waals surface area contributed by atoms with Crippen molar-refractivity contribution in [3.63, 3.8) is 0 Å². The summed E-state index contributed by atoms with van der Waals surface area (Å²) in [5.74, 6) is -4.17. The molecule has 5 N–H and O–H groups in total. The zero-order valence-corrected chi connectivity index (χ0v) is 12.7. The predicted molar refractivity (Wildman–Crippen MR) is 81.9 cm³/mol. The summed E-state index contributed by atoms with van der Waals surface area (Å²) in [6.07, 6.45) is 0. The number of aromatic hydroxyl groups is 1. The highest BCUT2D eigenvalue weighted by Crippen LogP contribution is 2.37. The van der Waals surface area contributed by atoms with Crippen LogP contribution in [0.15, 0.2) is 36.4 Å². The van der Waals surface area contributed by atoms with E-state index < -0.39 is 11.6 Å². The van der Waals surface area contributed by atoms with Gasteiger partial charge in [0.2, 0.25) is 0 Å². The molecule has 0 aliphatic carbocycles. The van der Waals surface area contributed by atoms with E-state index in [-0.39, 0.29) is 16.9 Å². The van der Waals surface area contributed by atoms with Crippen LogP contribution in [-0.2, 0) is 11.6 Å². The van der Waals surface area contributed by atoms with Crippen LogP contribution in [0.1, 0.15) is 30.5 Å². The summed E-state index contributed by atoms with van der Waals surface area (Å²) in [5.41, 5.74) is 1.98. The molecule has 0 unspecified atom stereocenters. The molecule has 2 aromatic carbocycles. The van der Waals surface area contributed by atoms with Gasteiger partial charge in [0.1, 0.15) is 5.75 Å². The number of hydrogen-bond donors (Lipinski definition) is 5. The first-order chi connectivity index (χ1) is 10.0. The maximum absolute atomic E-state index is 10.0. The van der Waals surface area contributed by atoms with Gasteiger partial charge in [0.15, 0.2) is 11.6 Å². The average molecular weight is 304 g/mol. The van der Waals surface area contributed by atoms with E-state index in [0.29, 0.717) is 16.7 Å². The lowest BCUT2D eigenvalue weighted by Crippen LogP contribution is -2.24. The smallest absolute Gasteiger partial charge is 0.187 e. The van der Waals surface area contributed by atoms with Crippen LogP contribution < -0.4 is 0 Å². The summed E-state index contributed by atoms with van der Waals surface area (Å²) in [6, 6.07) is 9.34. The van der Waals surface area contributed by atoms with Gasteiger partial charge in [-0.05, 0) is 49.6 Å². The molecule has 0 atom stereocenters. The van der Waals surface area contributed by atoms with Crippen molar-refractivity contribution in [2.75, 3.05) is 0 Å². The van der Waals surface area contributed by atoms with Crippen LogP contribution in [0.4, 0.5) is 0 Å². The van der Waals surface area contributed by atoms with Crippen molar-refractivity contribution in [1.29, 1.82) is 0 Å². The number of hydrogen-bond acceptors (Lipinski definition) is 5. The number of benzene rings is 2. The summed E-state index contributed by atoms with van der Waals surface area (Å²) in [4.78, 5) is 0. The summed E-state index contributed by atoms with van der Waals surface area (Å²) < 4.78 is 0. The molecule has 118 valence electrons. The van der Waals surface area contributed by atoms with Crippen LogP contribution in [0.3, 0.4) is 0 Å². The molecule has 0 spiro atoms. The second-order valence-electron chi connectivity index (χ2n) is 5.75. The number of aliphatic hydroxyl groups is 4. The molecule has 0 saturated heterocycles. The first kappa shape index (κ1) is 16.5. The fourth-order valence-corrected chi connectivity index (χ4v) is 2.38. The Hall–Kier alpha value is -1.92. The van der Waals surface area contributed by atoms with Gasteiger partial charge in [-0.15, -0.1) is 0 Å². The molecule has 0 fully saturated rings. The summed E-state index contributed by atoms with van der Waals surface area (Å²) in [5, 5.41) is 49.2. The van der Waals surface area contributed by atoms with Gasteiger partial charge in [-0.2, -0.15) is 0 Å². The zero-order chi connectivity index (χ0) is 16.7. The van der Waals surface area contributed by atoms with Crippen molar-refractivity contribution < 1.29 is 25.5 Å². The van der Waals surface area contributed by atoms with Crippen molar-refractivity contribution in [2.24, 2.45) is 0 Å². The fourth-order valence-electron chi connectivity index (χ4n) is 2.38. The van der Waals surface area contributed by atoms with Crippen LogP contribution in [0.25, 0.3) is 11.1 Å². The van der Waals surface area contributed by atoms with Crippen LogP contribution in [0, 0.1) is 6.92 Å². The molecule has 2 rings (SSSR count). The van der Waals surface area contributed by atoms with E-state index in [2.05, 4.69) is 0 Å². The Morgan fingerprint density at radius 2 is 1.45 bits per heavy atom. The van der Waals surface area contributed by atoms with Crippen molar-refractivity contribution in [1.82, 2.24) is 0 Å². The van der Waals surface area contributed by atoms with Crippen molar-refractivity contribution in [2.45, 2.75) is 32.3 Å². The second kappa shape index (κ2) is 5.37. The predicted octanol–water partition coefficient (Wildman–Crippen LogP) is 1.68. The molecule has 5 heteroatoms. The maximum atomic E-state index is 10.0. The van der Waals surface area contributed by atoms with E-state index in [0.717, 1.165) is 0 Å². The Labute approximate surface area is 128 Å². The van der Waals surface area contributed by atoms with Gasteiger partial charge in [-0.25, -0.2) is 0 Å². The molecule has 0 heterocycles. The van der Waals surface area contributed by atoms with Gasteiger partial charge in [0.25, 0.3) is 0 Å². The van der Waals surface area contributed by atoms with Crippen molar-refractivity contribution in [3.8, 4) is 16.9 Å².